The highest BCUT2D eigenvalue weighted by Crippen LogP contribution is 2.40. The molecule has 1 saturated heterocycles. The summed E-state index contributed by atoms with van der Waals surface area (Å²) in [6.07, 6.45) is 1.96. The largest absolute Gasteiger partial charge is 0.351 e. The number of piperazine rings is 1. The molecule has 1 N–H and O–H groups in total. The van der Waals surface area contributed by atoms with Gasteiger partial charge in [0.2, 0.25) is 0 Å². The number of amidine groups is 2. The monoisotopic (exact) mass is 347 g/mol. The fourth-order valence-corrected chi connectivity index (χ4v) is 3.38. The van der Waals surface area contributed by atoms with Crippen molar-refractivity contribution in [1.82, 2.24) is 10.2 Å². The van der Waals surface area contributed by atoms with Crippen LogP contribution in [0.3, 0.4) is 0 Å². The van der Waals surface area contributed by atoms with Gasteiger partial charge >= 0.3 is 0 Å². The lowest BCUT2D eigenvalue weighted by molar-refractivity contribution is 0.360. The van der Waals surface area contributed by atoms with Gasteiger partial charge in [0.25, 0.3) is 0 Å². The number of nitrogens with zero attached hydrogens (tertiary/aromatic N) is 4. The molecular formula is C17H19ClFN5. The molecule has 1 fully saturated rings. The third kappa shape index (κ3) is 2.50. The summed E-state index contributed by atoms with van der Waals surface area (Å²) in [4.78, 5) is 13.5. The van der Waals surface area contributed by atoms with E-state index in [9.17, 15) is 4.39 Å². The van der Waals surface area contributed by atoms with E-state index in [2.05, 4.69) is 10.2 Å². The van der Waals surface area contributed by atoms with Gasteiger partial charge in [-0.25, -0.2) is 9.38 Å². The predicted octanol–water partition coefficient (Wildman–Crippen LogP) is 2.94. The van der Waals surface area contributed by atoms with Crippen molar-refractivity contribution in [3.8, 4) is 0 Å². The highest BCUT2D eigenvalue weighted by atomic mass is 35.5. The van der Waals surface area contributed by atoms with Crippen LogP contribution in [0.5, 0.6) is 0 Å². The normalized spacial score (nSPS) is 23.2. The van der Waals surface area contributed by atoms with Crippen LogP contribution in [-0.2, 0) is 0 Å². The molecule has 1 aromatic carbocycles. The topological polar surface area (TPSA) is 43.2 Å². The number of aliphatic imine (C=N–C) groups is 2. The molecule has 24 heavy (non-hydrogen) atoms. The fraction of sp³-hybridized carbons (Fsp3) is 0.412. The Morgan fingerprint density at radius 3 is 2.75 bits per heavy atom. The zero-order valence-corrected chi connectivity index (χ0v) is 14.4. The number of hydrogen-bond acceptors (Lipinski definition) is 5. The molecule has 0 bridgehead atoms. The average Bonchev–Trinajstić information content (AvgIpc) is 2.56. The molecule has 3 aliphatic rings. The third-order valence-electron chi connectivity index (χ3n) is 4.63. The van der Waals surface area contributed by atoms with Crippen LogP contribution in [0.15, 0.2) is 33.9 Å². The maximum absolute atomic E-state index is 14.6. The summed E-state index contributed by atoms with van der Waals surface area (Å²) in [5, 5.41) is 3.68. The van der Waals surface area contributed by atoms with Gasteiger partial charge in [0.15, 0.2) is 17.5 Å². The van der Waals surface area contributed by atoms with Crippen LogP contribution in [-0.4, -0.2) is 48.8 Å². The smallest absolute Gasteiger partial charge is 0.176 e. The Morgan fingerprint density at radius 1 is 1.25 bits per heavy atom. The molecule has 4 rings (SSSR count). The molecule has 1 aromatic rings. The zero-order chi connectivity index (χ0) is 16.8. The summed E-state index contributed by atoms with van der Waals surface area (Å²) in [5.74, 6) is 1.12. The molecule has 0 aromatic heterocycles. The molecule has 7 heteroatoms. The summed E-state index contributed by atoms with van der Waals surface area (Å²) in [5.41, 5.74) is 2.05. The Hall–Kier alpha value is -1.92. The zero-order valence-electron chi connectivity index (χ0n) is 13.7. The van der Waals surface area contributed by atoms with Crippen molar-refractivity contribution in [1.29, 1.82) is 0 Å². The lowest BCUT2D eigenvalue weighted by atomic mass is 10.1. The Labute approximate surface area is 145 Å². The van der Waals surface area contributed by atoms with Crippen molar-refractivity contribution in [2.24, 2.45) is 9.98 Å². The summed E-state index contributed by atoms with van der Waals surface area (Å²) in [6, 6.07) is 3.09. The maximum Gasteiger partial charge on any atom is 0.176 e. The number of fused-ring (bicyclic) bond motifs is 3. The van der Waals surface area contributed by atoms with Crippen molar-refractivity contribution in [2.45, 2.75) is 19.9 Å². The molecule has 3 heterocycles. The van der Waals surface area contributed by atoms with Gasteiger partial charge in [0.1, 0.15) is 5.69 Å². The summed E-state index contributed by atoms with van der Waals surface area (Å²) in [6.45, 7) is 7.54. The first-order valence-electron chi connectivity index (χ1n) is 8.13. The highest BCUT2D eigenvalue weighted by molar-refractivity contribution is 6.48. The van der Waals surface area contributed by atoms with Crippen LogP contribution in [0.2, 0.25) is 5.02 Å². The SMILES string of the molecule is CC1=CN2C(=NC1C)C(N1CCNCC1)=Nc1cc(Cl)cc(F)c12. The third-order valence-corrected chi connectivity index (χ3v) is 4.85. The van der Waals surface area contributed by atoms with Gasteiger partial charge in [-0.05, 0) is 31.6 Å². The van der Waals surface area contributed by atoms with Crippen LogP contribution in [0.25, 0.3) is 0 Å². The number of nitrogens with one attached hydrogen (secondary N) is 1. The Kier molecular flexibility index (Phi) is 3.81. The maximum atomic E-state index is 14.6. The number of anilines is 1. The van der Waals surface area contributed by atoms with Crippen LogP contribution < -0.4 is 10.2 Å². The lowest BCUT2D eigenvalue weighted by Gasteiger charge is -2.39. The second kappa shape index (κ2) is 5.86. The van der Waals surface area contributed by atoms with E-state index in [0.717, 1.165) is 37.6 Å². The van der Waals surface area contributed by atoms with Crippen LogP contribution in [0, 0.1) is 5.82 Å². The summed E-state index contributed by atoms with van der Waals surface area (Å²) >= 11 is 6.05. The molecule has 0 spiro atoms. The van der Waals surface area contributed by atoms with Crippen LogP contribution in [0.1, 0.15) is 13.8 Å². The quantitative estimate of drug-likeness (QED) is 0.784. The molecule has 0 aliphatic carbocycles. The summed E-state index contributed by atoms with van der Waals surface area (Å²) in [7, 11) is 0. The number of halogens is 2. The molecule has 1 atom stereocenters. The van der Waals surface area contributed by atoms with E-state index < -0.39 is 0 Å². The van der Waals surface area contributed by atoms with E-state index in [1.807, 2.05) is 24.9 Å². The molecule has 3 aliphatic heterocycles. The van der Waals surface area contributed by atoms with Gasteiger partial charge in [-0.1, -0.05) is 11.6 Å². The molecule has 0 radical (unpaired) electrons. The van der Waals surface area contributed by atoms with Gasteiger partial charge in [-0.15, -0.1) is 0 Å². The van der Waals surface area contributed by atoms with E-state index in [4.69, 9.17) is 21.6 Å². The van der Waals surface area contributed by atoms with E-state index in [1.165, 1.54) is 6.07 Å². The molecular weight excluding hydrogens is 329 g/mol. The Balaban J connectivity index is 1.89. The fourth-order valence-electron chi connectivity index (χ4n) is 3.18. The van der Waals surface area contributed by atoms with Gasteiger partial charge in [-0.2, -0.15) is 0 Å². The lowest BCUT2D eigenvalue weighted by Crippen LogP contribution is -2.53. The van der Waals surface area contributed by atoms with Gasteiger partial charge in [0, 0.05) is 37.4 Å². The minimum atomic E-state index is -0.382. The van der Waals surface area contributed by atoms with E-state index in [1.54, 1.807) is 6.07 Å². The van der Waals surface area contributed by atoms with Gasteiger partial charge < -0.3 is 10.2 Å². The molecule has 126 valence electrons. The van der Waals surface area contributed by atoms with Gasteiger partial charge in [0.05, 0.1) is 11.7 Å². The van der Waals surface area contributed by atoms with Gasteiger partial charge in [-0.3, -0.25) is 9.89 Å². The minimum absolute atomic E-state index is 0.0567. The van der Waals surface area contributed by atoms with Crippen LogP contribution in [0.4, 0.5) is 15.8 Å². The minimum Gasteiger partial charge on any atom is -0.351 e. The average molecular weight is 348 g/mol. The summed E-state index contributed by atoms with van der Waals surface area (Å²) < 4.78 is 14.6. The first kappa shape index (κ1) is 15.6. The van der Waals surface area contributed by atoms with Crippen LogP contribution >= 0.6 is 11.6 Å². The van der Waals surface area contributed by atoms with E-state index in [-0.39, 0.29) is 11.9 Å². The van der Waals surface area contributed by atoms with Crippen molar-refractivity contribution in [3.63, 3.8) is 0 Å². The first-order valence-corrected chi connectivity index (χ1v) is 8.51. The number of rotatable bonds is 0. The molecule has 0 saturated carbocycles. The standard InChI is InChI=1S/C17H19ClFN5/c1-10-9-24-15-13(19)7-12(18)8-14(15)22-16(17(24)21-11(10)2)23-5-3-20-4-6-23/h7-9,11,20H,3-6H2,1-2H3. The first-order chi connectivity index (χ1) is 11.5. The molecule has 0 amide bonds. The second-order valence-electron chi connectivity index (χ2n) is 6.30. The molecule has 5 nitrogen and oxygen atoms in total. The Morgan fingerprint density at radius 2 is 2.00 bits per heavy atom. The van der Waals surface area contributed by atoms with Crippen molar-refractivity contribution < 1.29 is 4.39 Å². The highest BCUT2D eigenvalue weighted by Gasteiger charge is 2.34. The van der Waals surface area contributed by atoms with E-state index in [0.29, 0.717) is 22.2 Å². The predicted molar refractivity (Wildman–Crippen MR) is 96.1 cm³/mol. The van der Waals surface area contributed by atoms with Crippen molar-refractivity contribution >= 4 is 34.6 Å². The number of hydrogen-bond donors (Lipinski definition) is 1. The Bertz CT molecular complexity index is 779. The second-order valence-corrected chi connectivity index (χ2v) is 6.74. The number of benzene rings is 1. The van der Waals surface area contributed by atoms with Crippen molar-refractivity contribution in [3.05, 3.63) is 34.7 Å². The van der Waals surface area contributed by atoms with E-state index >= 15 is 0 Å². The van der Waals surface area contributed by atoms with Crippen molar-refractivity contribution in [2.75, 3.05) is 31.1 Å². The molecule has 1 unspecified atom stereocenters.